The number of benzene rings is 3. The van der Waals surface area contributed by atoms with Gasteiger partial charge in [-0.25, -0.2) is 4.39 Å². The number of carbonyl (C=O) groups is 2. The van der Waals surface area contributed by atoms with Crippen molar-refractivity contribution in [2.45, 2.75) is 38.6 Å². The lowest BCUT2D eigenvalue weighted by Gasteiger charge is -2.26. The molecule has 1 aliphatic carbocycles. The maximum absolute atomic E-state index is 13.6. The molecule has 5 heteroatoms. The highest BCUT2D eigenvalue weighted by atomic mass is 19.1. The van der Waals surface area contributed by atoms with Crippen LogP contribution in [-0.4, -0.2) is 16.8 Å². The van der Waals surface area contributed by atoms with E-state index in [1.807, 2.05) is 49.4 Å². The number of hydrogen-bond acceptors (Lipinski definition) is 3. The fourth-order valence-electron chi connectivity index (χ4n) is 4.92. The molecular formula is C28H24FNO3. The number of amides is 1. The summed E-state index contributed by atoms with van der Waals surface area (Å²) >= 11 is 0. The summed E-state index contributed by atoms with van der Waals surface area (Å²) in [5.41, 5.74) is 5.04. The smallest absolute Gasteiger partial charge is 0.300 e. The fourth-order valence-corrected chi connectivity index (χ4v) is 4.92. The zero-order chi connectivity index (χ0) is 23.1. The second-order valence-corrected chi connectivity index (χ2v) is 8.69. The number of ketones is 1. The molecule has 1 N–H and O–H groups in total. The summed E-state index contributed by atoms with van der Waals surface area (Å²) in [6, 6.07) is 17.9. The lowest BCUT2D eigenvalue weighted by Crippen LogP contribution is -2.29. The fraction of sp³-hybridized carbons (Fsp3) is 0.214. The summed E-state index contributed by atoms with van der Waals surface area (Å²) in [6.45, 7) is 1.90. The quantitative estimate of drug-likeness (QED) is 0.325. The average molecular weight is 442 g/mol. The first-order chi connectivity index (χ1) is 16.0. The summed E-state index contributed by atoms with van der Waals surface area (Å²) in [5, 5.41) is 11.4. The number of rotatable bonds is 3. The standard InChI is InChI=1S/C28H24FNO3/c1-17-6-2-5-9-23(17)25-24(26(31)20-11-10-18-7-3-4-8-19(18)16-20)27(32)28(33)30(25)22-14-12-21(29)13-15-22/h2,5-6,9-16,25,31H,3-4,7-8H2,1H3/b26-24+. The number of carbonyl (C=O) groups excluding carboxylic acids is 2. The largest absolute Gasteiger partial charge is 0.507 e. The van der Waals surface area contributed by atoms with Gasteiger partial charge in [-0.15, -0.1) is 0 Å². The van der Waals surface area contributed by atoms with Crippen LogP contribution >= 0.6 is 0 Å². The Morgan fingerprint density at radius 1 is 0.939 bits per heavy atom. The van der Waals surface area contributed by atoms with E-state index in [1.165, 1.54) is 40.3 Å². The lowest BCUT2D eigenvalue weighted by molar-refractivity contribution is -0.132. The van der Waals surface area contributed by atoms with Gasteiger partial charge < -0.3 is 5.11 Å². The molecule has 0 aromatic heterocycles. The zero-order valence-electron chi connectivity index (χ0n) is 18.3. The van der Waals surface area contributed by atoms with Crippen molar-refractivity contribution in [3.8, 4) is 0 Å². The third-order valence-electron chi connectivity index (χ3n) is 6.65. The lowest BCUT2D eigenvalue weighted by atomic mass is 9.88. The van der Waals surface area contributed by atoms with E-state index in [2.05, 4.69) is 0 Å². The normalized spacial score (nSPS) is 19.6. The molecule has 3 aromatic rings. The van der Waals surface area contributed by atoms with Crippen LogP contribution in [0.15, 0.2) is 72.3 Å². The van der Waals surface area contributed by atoms with Crippen molar-refractivity contribution in [1.82, 2.24) is 0 Å². The highest BCUT2D eigenvalue weighted by Gasteiger charge is 2.47. The number of anilines is 1. The molecule has 4 nitrogen and oxygen atoms in total. The molecule has 1 fully saturated rings. The zero-order valence-corrected chi connectivity index (χ0v) is 18.3. The van der Waals surface area contributed by atoms with Crippen LogP contribution in [0.1, 0.15) is 46.7 Å². The van der Waals surface area contributed by atoms with Crippen LogP contribution in [0.3, 0.4) is 0 Å². The van der Waals surface area contributed by atoms with E-state index in [9.17, 15) is 19.1 Å². The van der Waals surface area contributed by atoms with E-state index >= 15 is 0 Å². The number of aliphatic hydroxyl groups is 1. The van der Waals surface area contributed by atoms with Crippen molar-refractivity contribution in [3.63, 3.8) is 0 Å². The minimum atomic E-state index is -0.812. The van der Waals surface area contributed by atoms with Gasteiger partial charge in [0.2, 0.25) is 0 Å². The Bertz CT molecular complexity index is 1290. The van der Waals surface area contributed by atoms with Gasteiger partial charge in [0.1, 0.15) is 11.6 Å². The van der Waals surface area contributed by atoms with E-state index in [4.69, 9.17) is 0 Å². The topological polar surface area (TPSA) is 57.6 Å². The van der Waals surface area contributed by atoms with Gasteiger partial charge in [0, 0.05) is 11.3 Å². The Morgan fingerprint density at radius 3 is 2.36 bits per heavy atom. The van der Waals surface area contributed by atoms with Crippen molar-refractivity contribution >= 4 is 23.1 Å². The van der Waals surface area contributed by atoms with E-state index in [-0.39, 0.29) is 11.3 Å². The summed E-state index contributed by atoms with van der Waals surface area (Å²) < 4.78 is 13.6. The van der Waals surface area contributed by atoms with Gasteiger partial charge in [-0.3, -0.25) is 14.5 Å². The molecule has 33 heavy (non-hydrogen) atoms. The van der Waals surface area contributed by atoms with Crippen LogP contribution in [0.25, 0.3) is 5.76 Å². The van der Waals surface area contributed by atoms with E-state index in [0.717, 1.165) is 36.8 Å². The summed E-state index contributed by atoms with van der Waals surface area (Å²) in [7, 11) is 0. The van der Waals surface area contributed by atoms with E-state index in [0.29, 0.717) is 11.3 Å². The Kier molecular flexibility index (Phi) is 5.33. The van der Waals surface area contributed by atoms with Gasteiger partial charge in [0.25, 0.3) is 11.7 Å². The van der Waals surface area contributed by atoms with Crippen molar-refractivity contribution in [3.05, 3.63) is 106 Å². The van der Waals surface area contributed by atoms with Gasteiger partial charge in [0.15, 0.2) is 0 Å². The first kappa shape index (κ1) is 21.1. The molecule has 3 aromatic carbocycles. The third-order valence-corrected chi connectivity index (χ3v) is 6.65. The second-order valence-electron chi connectivity index (χ2n) is 8.69. The Balaban J connectivity index is 1.71. The molecule has 166 valence electrons. The van der Waals surface area contributed by atoms with Crippen LogP contribution in [0.5, 0.6) is 0 Å². The van der Waals surface area contributed by atoms with Crippen LogP contribution in [0.2, 0.25) is 0 Å². The predicted octanol–water partition coefficient (Wildman–Crippen LogP) is 5.64. The Hall–Kier alpha value is -3.73. The molecule has 0 saturated carbocycles. The number of Topliss-reactive ketones (excluding diaryl/α,β-unsaturated/α-hetero) is 1. The Labute approximate surface area is 192 Å². The molecule has 1 aliphatic heterocycles. The molecule has 1 atom stereocenters. The minimum absolute atomic E-state index is 0.0504. The van der Waals surface area contributed by atoms with Gasteiger partial charge in [0.05, 0.1) is 11.6 Å². The molecule has 1 heterocycles. The molecule has 1 saturated heterocycles. The molecule has 5 rings (SSSR count). The highest BCUT2D eigenvalue weighted by molar-refractivity contribution is 6.51. The monoisotopic (exact) mass is 441 g/mol. The summed E-state index contributed by atoms with van der Waals surface area (Å²) in [6.07, 6.45) is 4.18. The summed E-state index contributed by atoms with van der Waals surface area (Å²) in [5.74, 6) is -2.10. The van der Waals surface area contributed by atoms with Crippen LogP contribution < -0.4 is 4.90 Å². The number of aryl methyl sites for hydroxylation is 3. The second kappa shape index (κ2) is 8.32. The maximum Gasteiger partial charge on any atom is 0.300 e. The predicted molar refractivity (Wildman–Crippen MR) is 125 cm³/mol. The molecule has 2 aliphatic rings. The molecule has 1 amide bonds. The van der Waals surface area contributed by atoms with Crippen molar-refractivity contribution < 1.29 is 19.1 Å². The van der Waals surface area contributed by atoms with Crippen molar-refractivity contribution in [2.24, 2.45) is 0 Å². The average Bonchev–Trinajstić information content (AvgIpc) is 3.09. The Morgan fingerprint density at radius 2 is 1.64 bits per heavy atom. The summed E-state index contributed by atoms with van der Waals surface area (Å²) in [4.78, 5) is 27.8. The van der Waals surface area contributed by atoms with E-state index < -0.39 is 23.5 Å². The van der Waals surface area contributed by atoms with Gasteiger partial charge in [-0.05, 0) is 85.2 Å². The number of fused-ring (bicyclic) bond motifs is 1. The first-order valence-electron chi connectivity index (χ1n) is 11.2. The molecule has 1 unspecified atom stereocenters. The number of halogens is 1. The van der Waals surface area contributed by atoms with Gasteiger partial charge in [-0.2, -0.15) is 0 Å². The van der Waals surface area contributed by atoms with E-state index in [1.54, 1.807) is 0 Å². The number of nitrogens with zero attached hydrogens (tertiary/aromatic N) is 1. The SMILES string of the molecule is Cc1ccccc1C1/C(=C(\O)c2ccc3c(c2)CCCC3)C(=O)C(=O)N1c1ccc(F)cc1. The minimum Gasteiger partial charge on any atom is -0.507 e. The van der Waals surface area contributed by atoms with Crippen LogP contribution in [0, 0.1) is 12.7 Å². The third kappa shape index (κ3) is 3.63. The molecular weight excluding hydrogens is 417 g/mol. The number of aliphatic hydroxyl groups excluding tert-OH is 1. The van der Waals surface area contributed by atoms with Crippen molar-refractivity contribution in [2.75, 3.05) is 4.90 Å². The molecule has 0 radical (unpaired) electrons. The maximum atomic E-state index is 13.6. The van der Waals surface area contributed by atoms with Gasteiger partial charge in [-0.1, -0.05) is 36.4 Å². The first-order valence-corrected chi connectivity index (χ1v) is 11.2. The van der Waals surface area contributed by atoms with Gasteiger partial charge >= 0.3 is 0 Å². The number of hydrogen-bond donors (Lipinski definition) is 1. The molecule has 0 bridgehead atoms. The van der Waals surface area contributed by atoms with Crippen LogP contribution in [-0.2, 0) is 22.4 Å². The highest BCUT2D eigenvalue weighted by Crippen LogP contribution is 2.43. The van der Waals surface area contributed by atoms with Crippen molar-refractivity contribution in [1.29, 1.82) is 0 Å². The van der Waals surface area contributed by atoms with Crippen LogP contribution in [0.4, 0.5) is 10.1 Å². The molecule has 0 spiro atoms.